The minimum Gasteiger partial charge on any atom is -0.497 e. The fourth-order valence-corrected chi connectivity index (χ4v) is 3.10. The van der Waals surface area contributed by atoms with Crippen molar-refractivity contribution in [1.82, 2.24) is 10.3 Å². The molecule has 1 atom stereocenters. The largest absolute Gasteiger partial charge is 0.497 e. The molecule has 0 amide bonds. The molecular weight excluding hydrogens is 302 g/mol. The van der Waals surface area contributed by atoms with Crippen LogP contribution in [0.25, 0.3) is 0 Å². The van der Waals surface area contributed by atoms with E-state index in [1.807, 2.05) is 43.4 Å². The molecule has 5 nitrogen and oxygen atoms in total. The molecule has 1 aliphatic heterocycles. The normalized spacial score (nSPS) is 16.7. The number of ether oxygens (including phenoxy) is 2. The fourth-order valence-electron chi connectivity index (χ4n) is 3.10. The average Bonchev–Trinajstić information content (AvgIpc) is 2.81. The van der Waals surface area contributed by atoms with Gasteiger partial charge in [-0.1, -0.05) is 6.07 Å². The molecule has 1 unspecified atom stereocenters. The van der Waals surface area contributed by atoms with E-state index in [9.17, 15) is 0 Å². The van der Waals surface area contributed by atoms with Gasteiger partial charge in [0.05, 0.1) is 13.7 Å². The lowest BCUT2D eigenvalue weighted by Gasteiger charge is -2.21. The van der Waals surface area contributed by atoms with Gasteiger partial charge < -0.3 is 19.7 Å². The quantitative estimate of drug-likeness (QED) is 0.914. The number of anilines is 1. The highest BCUT2D eigenvalue weighted by molar-refractivity contribution is 5.46. The van der Waals surface area contributed by atoms with Gasteiger partial charge in [0.15, 0.2) is 0 Å². The third-order valence-electron chi connectivity index (χ3n) is 4.32. The van der Waals surface area contributed by atoms with Gasteiger partial charge in [-0.25, -0.2) is 4.98 Å². The summed E-state index contributed by atoms with van der Waals surface area (Å²) in [5.41, 5.74) is 2.36. The van der Waals surface area contributed by atoms with Crippen molar-refractivity contribution in [3.8, 4) is 11.5 Å². The number of nitrogens with zero attached hydrogens (tertiary/aromatic N) is 2. The van der Waals surface area contributed by atoms with Crippen LogP contribution < -0.4 is 19.7 Å². The summed E-state index contributed by atoms with van der Waals surface area (Å²) in [6.45, 7) is 1.52. The zero-order chi connectivity index (χ0) is 16.9. The molecule has 1 N–H and O–H groups in total. The fraction of sp³-hybridized carbons (Fsp3) is 0.421. The van der Waals surface area contributed by atoms with Gasteiger partial charge >= 0.3 is 0 Å². The predicted octanol–water partition coefficient (Wildman–Crippen LogP) is 3.16. The predicted molar refractivity (Wildman–Crippen MR) is 95.9 cm³/mol. The summed E-state index contributed by atoms with van der Waals surface area (Å²) in [7, 11) is 5.73. The zero-order valence-electron chi connectivity index (χ0n) is 14.6. The van der Waals surface area contributed by atoms with Crippen molar-refractivity contribution in [3.05, 3.63) is 47.7 Å². The van der Waals surface area contributed by atoms with Crippen LogP contribution in [-0.4, -0.2) is 32.8 Å². The highest BCUT2D eigenvalue weighted by atomic mass is 16.5. The van der Waals surface area contributed by atoms with E-state index >= 15 is 0 Å². The van der Waals surface area contributed by atoms with E-state index in [1.54, 1.807) is 7.11 Å². The summed E-state index contributed by atoms with van der Waals surface area (Å²) >= 11 is 0. The molecule has 0 aliphatic carbocycles. The SMILES string of the molecule is COc1ccc2c(c1)C(NCc1cccnc1N(C)C)CCCO2. The molecule has 1 aromatic carbocycles. The van der Waals surface area contributed by atoms with Crippen molar-refractivity contribution >= 4 is 5.82 Å². The molecule has 2 aromatic rings. The van der Waals surface area contributed by atoms with Crippen molar-refractivity contribution < 1.29 is 9.47 Å². The van der Waals surface area contributed by atoms with E-state index in [0.29, 0.717) is 0 Å². The Hall–Kier alpha value is -2.27. The molecule has 0 bridgehead atoms. The third-order valence-corrected chi connectivity index (χ3v) is 4.32. The van der Waals surface area contributed by atoms with Crippen LogP contribution in [-0.2, 0) is 6.54 Å². The Morgan fingerprint density at radius 3 is 3.00 bits per heavy atom. The topological polar surface area (TPSA) is 46.6 Å². The second kappa shape index (κ2) is 7.53. The van der Waals surface area contributed by atoms with Crippen LogP contribution in [0.3, 0.4) is 0 Å². The number of hydrogen-bond acceptors (Lipinski definition) is 5. The molecule has 0 saturated heterocycles. The highest BCUT2D eigenvalue weighted by Crippen LogP contribution is 2.34. The van der Waals surface area contributed by atoms with Gasteiger partial charge in [-0.2, -0.15) is 0 Å². The Labute approximate surface area is 143 Å². The molecule has 1 aliphatic rings. The van der Waals surface area contributed by atoms with Crippen molar-refractivity contribution in [2.45, 2.75) is 25.4 Å². The standard InChI is InChI=1S/C19H25N3O2/c1-22(2)19-14(6-4-10-20-19)13-21-17-7-5-11-24-18-9-8-15(23-3)12-16(17)18/h4,6,8-10,12,17,21H,5,7,11,13H2,1-3H3. The summed E-state index contributed by atoms with van der Waals surface area (Å²) in [4.78, 5) is 6.52. The monoisotopic (exact) mass is 327 g/mol. The first-order valence-corrected chi connectivity index (χ1v) is 8.34. The summed E-state index contributed by atoms with van der Waals surface area (Å²) < 4.78 is 11.3. The van der Waals surface area contributed by atoms with Crippen LogP contribution in [0.2, 0.25) is 0 Å². The summed E-state index contributed by atoms with van der Waals surface area (Å²) in [6, 6.07) is 10.4. The van der Waals surface area contributed by atoms with Gasteiger partial charge in [-0.3, -0.25) is 0 Å². The first-order valence-electron chi connectivity index (χ1n) is 8.34. The maximum absolute atomic E-state index is 5.88. The smallest absolute Gasteiger partial charge is 0.132 e. The van der Waals surface area contributed by atoms with Gasteiger partial charge in [-0.15, -0.1) is 0 Å². The van der Waals surface area contributed by atoms with Crippen molar-refractivity contribution in [3.63, 3.8) is 0 Å². The number of rotatable bonds is 5. The number of fused-ring (bicyclic) bond motifs is 1. The van der Waals surface area contributed by atoms with E-state index in [4.69, 9.17) is 9.47 Å². The van der Waals surface area contributed by atoms with Crippen molar-refractivity contribution in [2.24, 2.45) is 0 Å². The van der Waals surface area contributed by atoms with Crippen LogP contribution in [0.5, 0.6) is 11.5 Å². The lowest BCUT2D eigenvalue weighted by Crippen LogP contribution is -2.23. The van der Waals surface area contributed by atoms with Crippen molar-refractivity contribution in [2.75, 3.05) is 32.7 Å². The lowest BCUT2D eigenvalue weighted by molar-refractivity contribution is 0.314. The maximum atomic E-state index is 5.88. The van der Waals surface area contributed by atoms with Gasteiger partial charge in [0, 0.05) is 44.0 Å². The second-order valence-electron chi connectivity index (χ2n) is 6.21. The second-order valence-corrected chi connectivity index (χ2v) is 6.21. The summed E-state index contributed by atoms with van der Waals surface area (Å²) in [5.74, 6) is 2.81. The first-order chi connectivity index (χ1) is 11.7. The average molecular weight is 327 g/mol. The number of nitrogens with one attached hydrogen (secondary N) is 1. The molecule has 0 radical (unpaired) electrons. The molecule has 0 fully saturated rings. The Bertz CT molecular complexity index is 688. The molecule has 3 rings (SSSR count). The molecular formula is C19H25N3O2. The molecule has 0 spiro atoms. The molecule has 5 heteroatoms. The third kappa shape index (κ3) is 3.62. The molecule has 24 heavy (non-hydrogen) atoms. The van der Waals surface area contributed by atoms with E-state index in [0.717, 1.165) is 43.3 Å². The van der Waals surface area contributed by atoms with E-state index in [1.165, 1.54) is 11.1 Å². The number of hydrogen-bond donors (Lipinski definition) is 1. The minimum atomic E-state index is 0.243. The summed E-state index contributed by atoms with van der Waals surface area (Å²) in [6.07, 6.45) is 3.90. The maximum Gasteiger partial charge on any atom is 0.132 e. The number of pyridine rings is 1. The minimum absolute atomic E-state index is 0.243. The number of methoxy groups -OCH3 is 1. The van der Waals surface area contributed by atoms with Gasteiger partial charge in [0.1, 0.15) is 17.3 Å². The number of benzene rings is 1. The molecule has 0 saturated carbocycles. The van der Waals surface area contributed by atoms with Crippen LogP contribution in [0, 0.1) is 0 Å². The Kier molecular flexibility index (Phi) is 5.20. The Morgan fingerprint density at radius 2 is 2.21 bits per heavy atom. The van der Waals surface area contributed by atoms with E-state index < -0.39 is 0 Å². The van der Waals surface area contributed by atoms with E-state index in [-0.39, 0.29) is 6.04 Å². The molecule has 128 valence electrons. The van der Waals surface area contributed by atoms with Crippen molar-refractivity contribution in [1.29, 1.82) is 0 Å². The van der Waals surface area contributed by atoms with E-state index in [2.05, 4.69) is 22.4 Å². The molecule has 1 aromatic heterocycles. The van der Waals surface area contributed by atoms with Crippen LogP contribution in [0.15, 0.2) is 36.5 Å². The Balaban J connectivity index is 1.81. The van der Waals surface area contributed by atoms with Gasteiger partial charge in [0.2, 0.25) is 0 Å². The zero-order valence-corrected chi connectivity index (χ0v) is 14.6. The molecule has 2 heterocycles. The van der Waals surface area contributed by atoms with Gasteiger partial charge in [0.25, 0.3) is 0 Å². The lowest BCUT2D eigenvalue weighted by atomic mass is 10.0. The van der Waals surface area contributed by atoms with Crippen LogP contribution >= 0.6 is 0 Å². The van der Waals surface area contributed by atoms with Crippen LogP contribution in [0.4, 0.5) is 5.82 Å². The summed E-state index contributed by atoms with van der Waals surface area (Å²) in [5, 5.41) is 3.68. The number of aromatic nitrogens is 1. The van der Waals surface area contributed by atoms with Gasteiger partial charge in [-0.05, 0) is 37.1 Å². The van der Waals surface area contributed by atoms with Crippen LogP contribution in [0.1, 0.15) is 30.0 Å². The Morgan fingerprint density at radius 1 is 1.33 bits per heavy atom. The first kappa shape index (κ1) is 16.6. The highest BCUT2D eigenvalue weighted by Gasteiger charge is 2.20.